The average molecular weight is 292 g/mol. The first-order valence-corrected chi connectivity index (χ1v) is 6.87. The molecule has 1 atom stereocenters. The first-order chi connectivity index (χ1) is 7.03. The van der Waals surface area contributed by atoms with Crippen LogP contribution in [0, 0.1) is 0 Å². The fraction of sp³-hybridized carbons (Fsp3) is 0.636. The second-order valence-electron chi connectivity index (χ2n) is 4.08. The van der Waals surface area contributed by atoms with Crippen molar-refractivity contribution in [3.05, 3.63) is 20.8 Å². The largest absolute Gasteiger partial charge is 0.388 e. The molecule has 15 heavy (non-hydrogen) atoms. The van der Waals surface area contributed by atoms with E-state index in [0.717, 1.165) is 17.4 Å². The third-order valence-electron chi connectivity index (χ3n) is 2.11. The summed E-state index contributed by atoms with van der Waals surface area (Å²) in [5, 5.41) is 15.4. The first-order valence-electron chi connectivity index (χ1n) is 5.19. The van der Waals surface area contributed by atoms with Crippen LogP contribution in [-0.4, -0.2) is 23.8 Å². The van der Waals surface area contributed by atoms with Gasteiger partial charge in [0.05, 0.1) is 5.60 Å². The quantitative estimate of drug-likeness (QED) is 0.790. The molecule has 2 nitrogen and oxygen atoms in total. The zero-order valence-corrected chi connectivity index (χ0v) is 11.6. The lowest BCUT2D eigenvalue weighted by molar-refractivity contribution is 0.0612. The molecule has 0 fully saturated rings. The molecule has 86 valence electrons. The molecule has 1 aromatic rings. The lowest BCUT2D eigenvalue weighted by Crippen LogP contribution is -2.39. The van der Waals surface area contributed by atoms with Crippen LogP contribution in [0.15, 0.2) is 15.9 Å². The average Bonchev–Trinajstić information content (AvgIpc) is 2.50. The van der Waals surface area contributed by atoms with Gasteiger partial charge in [0.1, 0.15) is 0 Å². The molecule has 0 aliphatic heterocycles. The summed E-state index contributed by atoms with van der Waals surface area (Å²) in [5.41, 5.74) is -0.653. The van der Waals surface area contributed by atoms with Crippen LogP contribution >= 0.6 is 27.3 Å². The Bertz CT molecular complexity index is 299. The fourth-order valence-electron chi connectivity index (χ4n) is 1.42. The van der Waals surface area contributed by atoms with Crippen LogP contribution in [0.3, 0.4) is 0 Å². The van der Waals surface area contributed by atoms with Gasteiger partial charge in [0, 0.05) is 27.7 Å². The lowest BCUT2D eigenvalue weighted by Gasteiger charge is -2.22. The van der Waals surface area contributed by atoms with Gasteiger partial charge in [-0.15, -0.1) is 11.3 Å². The fourth-order valence-corrected chi connectivity index (χ4v) is 3.05. The number of hydrogen-bond acceptors (Lipinski definition) is 3. The van der Waals surface area contributed by atoms with Crippen molar-refractivity contribution in [2.24, 2.45) is 0 Å². The molecule has 1 heterocycles. The number of hydrogen-bond donors (Lipinski definition) is 2. The highest BCUT2D eigenvalue weighted by molar-refractivity contribution is 9.10. The Kier molecular flexibility index (Phi) is 5.26. The van der Waals surface area contributed by atoms with Crippen molar-refractivity contribution < 1.29 is 5.11 Å². The smallest absolute Gasteiger partial charge is 0.0791 e. The van der Waals surface area contributed by atoms with Gasteiger partial charge in [-0.3, -0.25) is 0 Å². The normalized spacial score (nSPS) is 15.2. The number of halogens is 1. The van der Waals surface area contributed by atoms with E-state index >= 15 is 0 Å². The Balaban J connectivity index is 2.41. The summed E-state index contributed by atoms with van der Waals surface area (Å²) >= 11 is 5.10. The van der Waals surface area contributed by atoms with E-state index in [4.69, 9.17) is 0 Å². The molecular weight excluding hydrogens is 274 g/mol. The van der Waals surface area contributed by atoms with Crippen LogP contribution in [-0.2, 0) is 6.42 Å². The van der Waals surface area contributed by atoms with Gasteiger partial charge in [-0.05, 0) is 41.9 Å². The minimum absolute atomic E-state index is 0.649. The Hall–Kier alpha value is 0.1000. The van der Waals surface area contributed by atoms with Crippen molar-refractivity contribution in [3.8, 4) is 0 Å². The predicted octanol–water partition coefficient (Wildman–Crippen LogP) is 2.80. The molecule has 0 aliphatic rings. The molecule has 1 aromatic heterocycles. The summed E-state index contributed by atoms with van der Waals surface area (Å²) in [6.45, 7) is 5.61. The Labute approximate surface area is 104 Å². The van der Waals surface area contributed by atoms with Gasteiger partial charge in [0.15, 0.2) is 0 Å². The maximum Gasteiger partial charge on any atom is 0.0791 e. The Morgan fingerprint density at radius 1 is 1.60 bits per heavy atom. The van der Waals surface area contributed by atoms with Gasteiger partial charge in [-0.2, -0.15) is 0 Å². The van der Waals surface area contributed by atoms with Crippen LogP contribution in [0.4, 0.5) is 0 Å². The standard InChI is InChI=1S/C11H18BrNOS/c1-3-4-13-8-11(2,14)6-10-5-9(12)7-15-10/h5,7,13-14H,3-4,6,8H2,1-2H3. The molecule has 0 aliphatic carbocycles. The van der Waals surface area contributed by atoms with Crippen LogP contribution in [0.5, 0.6) is 0 Å². The summed E-state index contributed by atoms with van der Waals surface area (Å²) in [5.74, 6) is 0. The zero-order valence-electron chi connectivity index (χ0n) is 9.22. The topological polar surface area (TPSA) is 32.3 Å². The van der Waals surface area contributed by atoms with Gasteiger partial charge in [0.25, 0.3) is 0 Å². The Morgan fingerprint density at radius 2 is 2.33 bits per heavy atom. The molecule has 0 bridgehead atoms. The van der Waals surface area contributed by atoms with E-state index in [1.54, 1.807) is 11.3 Å². The molecule has 0 saturated heterocycles. The third-order valence-corrected chi connectivity index (χ3v) is 3.81. The molecule has 0 spiro atoms. The SMILES string of the molecule is CCCNCC(C)(O)Cc1cc(Br)cs1. The number of thiophene rings is 1. The minimum Gasteiger partial charge on any atom is -0.388 e. The third kappa shape index (κ3) is 5.11. The predicted molar refractivity (Wildman–Crippen MR) is 69.5 cm³/mol. The van der Waals surface area contributed by atoms with E-state index in [1.165, 1.54) is 4.88 Å². The molecule has 4 heteroatoms. The number of aliphatic hydroxyl groups is 1. The molecule has 0 amide bonds. The highest BCUT2D eigenvalue weighted by Gasteiger charge is 2.21. The number of nitrogens with one attached hydrogen (secondary N) is 1. The second kappa shape index (κ2) is 5.99. The first kappa shape index (κ1) is 13.2. The summed E-state index contributed by atoms with van der Waals surface area (Å²) in [4.78, 5) is 1.21. The molecule has 1 unspecified atom stereocenters. The second-order valence-corrected chi connectivity index (χ2v) is 5.99. The zero-order chi connectivity index (χ0) is 11.3. The molecule has 0 saturated carbocycles. The van der Waals surface area contributed by atoms with E-state index < -0.39 is 5.60 Å². The van der Waals surface area contributed by atoms with Crippen molar-refractivity contribution in [2.45, 2.75) is 32.3 Å². The van der Waals surface area contributed by atoms with Crippen molar-refractivity contribution in [3.63, 3.8) is 0 Å². The van der Waals surface area contributed by atoms with Crippen molar-refractivity contribution >= 4 is 27.3 Å². The molecule has 2 N–H and O–H groups in total. The van der Waals surface area contributed by atoms with Gasteiger partial charge in [0.2, 0.25) is 0 Å². The van der Waals surface area contributed by atoms with Crippen molar-refractivity contribution in [2.75, 3.05) is 13.1 Å². The molecule has 1 rings (SSSR count). The Morgan fingerprint density at radius 3 is 2.87 bits per heavy atom. The van der Waals surface area contributed by atoms with Gasteiger partial charge in [-0.1, -0.05) is 6.92 Å². The van der Waals surface area contributed by atoms with Gasteiger partial charge in [-0.25, -0.2) is 0 Å². The molecular formula is C11H18BrNOS. The maximum atomic E-state index is 10.1. The van der Waals surface area contributed by atoms with Crippen LogP contribution in [0.2, 0.25) is 0 Å². The molecule has 0 radical (unpaired) electrons. The number of rotatable bonds is 6. The van der Waals surface area contributed by atoms with E-state index in [-0.39, 0.29) is 0 Å². The van der Waals surface area contributed by atoms with Crippen molar-refractivity contribution in [1.29, 1.82) is 0 Å². The lowest BCUT2D eigenvalue weighted by atomic mass is 10.0. The van der Waals surface area contributed by atoms with Crippen LogP contribution in [0.25, 0.3) is 0 Å². The highest BCUT2D eigenvalue weighted by atomic mass is 79.9. The van der Waals surface area contributed by atoms with Gasteiger partial charge < -0.3 is 10.4 Å². The van der Waals surface area contributed by atoms with E-state index in [2.05, 4.69) is 34.2 Å². The maximum absolute atomic E-state index is 10.1. The summed E-state index contributed by atoms with van der Waals surface area (Å²) in [6, 6.07) is 2.07. The van der Waals surface area contributed by atoms with E-state index in [1.807, 2.05) is 12.3 Å². The van der Waals surface area contributed by atoms with E-state index in [9.17, 15) is 5.11 Å². The monoisotopic (exact) mass is 291 g/mol. The summed E-state index contributed by atoms with van der Waals surface area (Å²) in [7, 11) is 0. The summed E-state index contributed by atoms with van der Waals surface area (Å²) < 4.78 is 1.10. The van der Waals surface area contributed by atoms with Crippen LogP contribution < -0.4 is 5.32 Å². The summed E-state index contributed by atoms with van der Waals surface area (Å²) in [6.07, 6.45) is 1.81. The minimum atomic E-state index is -0.653. The van der Waals surface area contributed by atoms with Gasteiger partial charge >= 0.3 is 0 Å². The van der Waals surface area contributed by atoms with Crippen LogP contribution in [0.1, 0.15) is 25.1 Å². The molecule has 0 aromatic carbocycles. The van der Waals surface area contributed by atoms with Crippen molar-refractivity contribution in [1.82, 2.24) is 5.32 Å². The highest BCUT2D eigenvalue weighted by Crippen LogP contribution is 2.23. The van der Waals surface area contributed by atoms with E-state index in [0.29, 0.717) is 13.0 Å².